The van der Waals surface area contributed by atoms with Gasteiger partial charge in [0.15, 0.2) is 5.11 Å². The van der Waals surface area contributed by atoms with Crippen molar-refractivity contribution in [3.8, 4) is 0 Å². The van der Waals surface area contributed by atoms with Crippen molar-refractivity contribution in [2.75, 3.05) is 17.3 Å². The summed E-state index contributed by atoms with van der Waals surface area (Å²) in [6.07, 6.45) is 3.24. The van der Waals surface area contributed by atoms with Gasteiger partial charge in [-0.25, -0.2) is 0 Å². The molecule has 1 unspecified atom stereocenters. The topological polar surface area (TPSA) is 24.1 Å². The standard InChI is InChI=1S/C12H18N2S2/c1-10(8-9-16-2)13-12(15)14-11-6-4-3-5-7-11/h3-7,10H,8-9H2,1-2H3,(H2,13,14,15). The zero-order valence-electron chi connectivity index (χ0n) is 9.69. The highest BCUT2D eigenvalue weighted by Gasteiger charge is 2.03. The van der Waals surface area contributed by atoms with Crippen molar-refractivity contribution in [2.24, 2.45) is 0 Å². The first-order valence-electron chi connectivity index (χ1n) is 5.34. The maximum atomic E-state index is 5.23. The van der Waals surface area contributed by atoms with Gasteiger partial charge >= 0.3 is 0 Å². The highest BCUT2D eigenvalue weighted by atomic mass is 32.2. The fourth-order valence-electron chi connectivity index (χ4n) is 1.28. The Morgan fingerprint density at radius 3 is 2.69 bits per heavy atom. The lowest BCUT2D eigenvalue weighted by molar-refractivity contribution is 0.651. The molecule has 0 saturated heterocycles. The second kappa shape index (κ2) is 7.52. The average molecular weight is 254 g/mol. The molecule has 1 atom stereocenters. The lowest BCUT2D eigenvalue weighted by atomic mass is 10.3. The van der Waals surface area contributed by atoms with Gasteiger partial charge in [-0.1, -0.05) is 18.2 Å². The summed E-state index contributed by atoms with van der Waals surface area (Å²) in [7, 11) is 0. The Bertz CT molecular complexity index is 314. The molecular formula is C12H18N2S2. The smallest absolute Gasteiger partial charge is 0.170 e. The van der Waals surface area contributed by atoms with E-state index in [0.29, 0.717) is 11.2 Å². The Morgan fingerprint density at radius 1 is 1.38 bits per heavy atom. The Balaban J connectivity index is 2.31. The van der Waals surface area contributed by atoms with Crippen LogP contribution in [0.1, 0.15) is 13.3 Å². The molecule has 4 heteroatoms. The molecule has 1 rings (SSSR count). The summed E-state index contributed by atoms with van der Waals surface area (Å²) in [6, 6.07) is 10.4. The molecule has 0 spiro atoms. The van der Waals surface area contributed by atoms with Crippen molar-refractivity contribution < 1.29 is 0 Å². The summed E-state index contributed by atoms with van der Waals surface area (Å²) in [5.74, 6) is 1.15. The molecule has 0 fully saturated rings. The molecule has 0 radical (unpaired) electrons. The van der Waals surface area contributed by atoms with Crippen LogP contribution in [0.2, 0.25) is 0 Å². The van der Waals surface area contributed by atoms with E-state index in [1.165, 1.54) is 0 Å². The minimum atomic E-state index is 0.413. The number of para-hydroxylation sites is 1. The fraction of sp³-hybridized carbons (Fsp3) is 0.417. The first-order valence-corrected chi connectivity index (χ1v) is 7.14. The Morgan fingerprint density at radius 2 is 2.06 bits per heavy atom. The average Bonchev–Trinajstić information content (AvgIpc) is 2.27. The van der Waals surface area contributed by atoms with Gasteiger partial charge < -0.3 is 10.6 Å². The van der Waals surface area contributed by atoms with E-state index in [9.17, 15) is 0 Å². The van der Waals surface area contributed by atoms with Gasteiger partial charge in [0.1, 0.15) is 0 Å². The third-order valence-corrected chi connectivity index (χ3v) is 3.03. The van der Waals surface area contributed by atoms with Crippen LogP contribution >= 0.6 is 24.0 Å². The van der Waals surface area contributed by atoms with Crippen LogP contribution in [0.15, 0.2) is 30.3 Å². The SMILES string of the molecule is CSCCC(C)NC(=S)Nc1ccccc1. The molecular weight excluding hydrogens is 236 g/mol. The predicted molar refractivity (Wildman–Crippen MR) is 78.3 cm³/mol. The Labute approximate surface area is 107 Å². The quantitative estimate of drug-likeness (QED) is 0.789. The zero-order valence-corrected chi connectivity index (χ0v) is 11.3. The van der Waals surface area contributed by atoms with Gasteiger partial charge in [0.25, 0.3) is 0 Å². The molecule has 16 heavy (non-hydrogen) atoms. The predicted octanol–water partition coefficient (Wildman–Crippen LogP) is 3.11. The summed E-state index contributed by atoms with van der Waals surface area (Å²) in [6.45, 7) is 2.15. The number of hydrogen-bond donors (Lipinski definition) is 2. The van der Waals surface area contributed by atoms with E-state index >= 15 is 0 Å². The number of thioether (sulfide) groups is 1. The van der Waals surface area contributed by atoms with Crippen molar-refractivity contribution in [1.82, 2.24) is 5.32 Å². The number of hydrogen-bond acceptors (Lipinski definition) is 2. The highest BCUT2D eigenvalue weighted by molar-refractivity contribution is 7.98. The summed E-state index contributed by atoms with van der Waals surface area (Å²) in [5, 5.41) is 7.13. The normalized spacial score (nSPS) is 11.9. The molecule has 0 bridgehead atoms. The Kier molecular flexibility index (Phi) is 6.26. The molecule has 0 saturated carbocycles. The van der Waals surface area contributed by atoms with E-state index in [1.807, 2.05) is 42.1 Å². The summed E-state index contributed by atoms with van der Waals surface area (Å²) in [5.41, 5.74) is 1.03. The Hall–Kier alpha value is -0.740. The second-order valence-corrected chi connectivity index (χ2v) is 5.04. The first kappa shape index (κ1) is 13.3. The fourth-order valence-corrected chi connectivity index (χ4v) is 2.19. The van der Waals surface area contributed by atoms with Gasteiger partial charge in [0.2, 0.25) is 0 Å². The molecule has 1 aromatic rings. The monoisotopic (exact) mass is 254 g/mol. The minimum Gasteiger partial charge on any atom is -0.360 e. The van der Waals surface area contributed by atoms with E-state index < -0.39 is 0 Å². The first-order chi connectivity index (χ1) is 7.72. The lowest BCUT2D eigenvalue weighted by Gasteiger charge is -2.16. The van der Waals surface area contributed by atoms with Crippen molar-refractivity contribution >= 4 is 34.8 Å². The van der Waals surface area contributed by atoms with Gasteiger partial charge in [-0.15, -0.1) is 0 Å². The number of benzene rings is 1. The third kappa shape index (κ3) is 5.37. The summed E-state index contributed by atoms with van der Waals surface area (Å²) in [4.78, 5) is 0. The zero-order chi connectivity index (χ0) is 11.8. The van der Waals surface area contributed by atoms with Crippen molar-refractivity contribution in [3.05, 3.63) is 30.3 Å². The van der Waals surface area contributed by atoms with Crippen molar-refractivity contribution in [2.45, 2.75) is 19.4 Å². The molecule has 0 aliphatic heterocycles. The van der Waals surface area contributed by atoms with Crippen LogP contribution in [0.3, 0.4) is 0 Å². The molecule has 0 heterocycles. The van der Waals surface area contributed by atoms with Crippen molar-refractivity contribution in [1.29, 1.82) is 0 Å². The van der Waals surface area contributed by atoms with E-state index in [0.717, 1.165) is 17.9 Å². The second-order valence-electron chi connectivity index (χ2n) is 3.65. The van der Waals surface area contributed by atoms with Crippen LogP contribution in [0.4, 0.5) is 5.69 Å². The van der Waals surface area contributed by atoms with E-state index in [-0.39, 0.29) is 0 Å². The third-order valence-electron chi connectivity index (χ3n) is 2.16. The number of thiocarbonyl (C=S) groups is 1. The largest absolute Gasteiger partial charge is 0.360 e. The molecule has 0 amide bonds. The van der Waals surface area contributed by atoms with Gasteiger partial charge in [-0.3, -0.25) is 0 Å². The molecule has 1 aromatic carbocycles. The van der Waals surface area contributed by atoms with E-state index in [2.05, 4.69) is 23.8 Å². The van der Waals surface area contributed by atoms with Gasteiger partial charge in [0, 0.05) is 11.7 Å². The molecule has 88 valence electrons. The minimum absolute atomic E-state index is 0.413. The highest BCUT2D eigenvalue weighted by Crippen LogP contribution is 2.05. The van der Waals surface area contributed by atoms with E-state index in [4.69, 9.17) is 12.2 Å². The van der Waals surface area contributed by atoms with Crippen LogP contribution in [0.25, 0.3) is 0 Å². The lowest BCUT2D eigenvalue weighted by Crippen LogP contribution is -2.36. The molecule has 2 N–H and O–H groups in total. The van der Waals surface area contributed by atoms with Crippen LogP contribution in [0.5, 0.6) is 0 Å². The maximum absolute atomic E-state index is 5.23. The van der Waals surface area contributed by atoms with Gasteiger partial charge in [-0.05, 0) is 49.7 Å². The van der Waals surface area contributed by atoms with Gasteiger partial charge in [0.05, 0.1) is 0 Å². The van der Waals surface area contributed by atoms with Crippen LogP contribution in [-0.2, 0) is 0 Å². The van der Waals surface area contributed by atoms with Crippen LogP contribution in [-0.4, -0.2) is 23.2 Å². The number of nitrogens with one attached hydrogen (secondary N) is 2. The van der Waals surface area contributed by atoms with Gasteiger partial charge in [-0.2, -0.15) is 11.8 Å². The van der Waals surface area contributed by atoms with Crippen LogP contribution < -0.4 is 10.6 Å². The molecule has 0 aromatic heterocycles. The maximum Gasteiger partial charge on any atom is 0.170 e. The number of rotatable bonds is 5. The molecule has 2 nitrogen and oxygen atoms in total. The van der Waals surface area contributed by atoms with Crippen molar-refractivity contribution in [3.63, 3.8) is 0 Å². The van der Waals surface area contributed by atoms with Crippen LogP contribution in [0, 0.1) is 0 Å². The van der Waals surface area contributed by atoms with E-state index in [1.54, 1.807) is 0 Å². The number of anilines is 1. The molecule has 0 aliphatic carbocycles. The summed E-state index contributed by atoms with van der Waals surface area (Å²) < 4.78 is 0. The molecule has 0 aliphatic rings. The summed E-state index contributed by atoms with van der Waals surface area (Å²) >= 11 is 7.09.